The van der Waals surface area contributed by atoms with Crippen molar-refractivity contribution in [3.05, 3.63) is 78.0 Å². The van der Waals surface area contributed by atoms with Crippen LogP contribution in [0, 0.1) is 6.92 Å². The van der Waals surface area contributed by atoms with Crippen molar-refractivity contribution in [3.8, 4) is 16.9 Å². The van der Waals surface area contributed by atoms with Crippen LogP contribution in [0.5, 0.6) is 5.75 Å². The first kappa shape index (κ1) is 31.6. The summed E-state index contributed by atoms with van der Waals surface area (Å²) in [4.78, 5) is 52.4. The van der Waals surface area contributed by atoms with Crippen LogP contribution < -0.4 is 16.0 Å². The maximum absolute atomic E-state index is 12.7. The molecule has 2 aromatic carbocycles. The summed E-state index contributed by atoms with van der Waals surface area (Å²) in [5.41, 5.74) is 1.93. The van der Waals surface area contributed by atoms with Gasteiger partial charge in [-0.15, -0.1) is 0 Å². The summed E-state index contributed by atoms with van der Waals surface area (Å²) in [5, 5.41) is 18.9. The van der Waals surface area contributed by atoms with Gasteiger partial charge in [0.25, 0.3) is 0 Å². The summed E-state index contributed by atoms with van der Waals surface area (Å²) < 4.78 is 41.7. The number of rotatable bonds is 12. The Balaban J connectivity index is 1.64. The Labute approximate surface area is 239 Å². The van der Waals surface area contributed by atoms with E-state index in [4.69, 9.17) is 0 Å². The van der Waals surface area contributed by atoms with Crippen LogP contribution >= 0.6 is 0 Å². The topological polar surface area (TPSA) is 147 Å². The lowest BCUT2D eigenvalue weighted by molar-refractivity contribution is -0.202. The van der Waals surface area contributed by atoms with E-state index in [2.05, 4.69) is 25.7 Å². The molecule has 1 unspecified atom stereocenters. The number of hydrogen-bond acceptors (Lipinski definition) is 8. The van der Waals surface area contributed by atoms with Crippen molar-refractivity contribution in [2.45, 2.75) is 38.4 Å². The van der Waals surface area contributed by atoms with Gasteiger partial charge in [0.1, 0.15) is 11.6 Å². The van der Waals surface area contributed by atoms with Crippen LogP contribution in [0.15, 0.2) is 66.9 Å². The van der Waals surface area contributed by atoms with Gasteiger partial charge in [-0.3, -0.25) is 14.4 Å². The number of pyridine rings is 1. The van der Waals surface area contributed by atoms with Crippen LogP contribution in [0.4, 0.5) is 19.0 Å². The van der Waals surface area contributed by atoms with E-state index in [1.54, 1.807) is 42.6 Å². The first-order valence-electron chi connectivity index (χ1n) is 12.9. The SMILES string of the molecule is Cc1ccnc(NCCCC(=O)NCC(=O)NC(CC(=O)OC(=O)C(F)(F)F)c2cccc(-c3ccccc3)c2O)c1. The molecule has 10 nitrogen and oxygen atoms in total. The van der Waals surface area contributed by atoms with Crippen molar-refractivity contribution < 1.29 is 42.2 Å². The molecule has 0 aliphatic carbocycles. The number of amides is 2. The zero-order chi connectivity index (χ0) is 30.7. The van der Waals surface area contributed by atoms with E-state index in [0.29, 0.717) is 29.9 Å². The van der Waals surface area contributed by atoms with Gasteiger partial charge >= 0.3 is 18.1 Å². The van der Waals surface area contributed by atoms with Gasteiger partial charge in [-0.25, -0.2) is 9.78 Å². The van der Waals surface area contributed by atoms with E-state index in [1.807, 2.05) is 19.1 Å². The fourth-order valence-corrected chi connectivity index (χ4v) is 3.91. The Morgan fingerprint density at radius 1 is 1.00 bits per heavy atom. The second-order valence-electron chi connectivity index (χ2n) is 9.22. The Bertz CT molecular complexity index is 1420. The number of aromatic hydroxyl groups is 1. The molecule has 0 aliphatic heterocycles. The second-order valence-corrected chi connectivity index (χ2v) is 9.22. The van der Waals surface area contributed by atoms with Crippen molar-refractivity contribution in [2.75, 3.05) is 18.4 Å². The molecular formula is C29H29F3N4O6. The molecule has 0 spiro atoms. The third kappa shape index (κ3) is 9.61. The van der Waals surface area contributed by atoms with Gasteiger partial charge in [0, 0.05) is 30.3 Å². The van der Waals surface area contributed by atoms with Crippen LogP contribution in [0.3, 0.4) is 0 Å². The highest BCUT2D eigenvalue weighted by atomic mass is 19.4. The van der Waals surface area contributed by atoms with Crippen molar-refractivity contribution in [2.24, 2.45) is 0 Å². The predicted octanol–water partition coefficient (Wildman–Crippen LogP) is 3.95. The minimum absolute atomic E-state index is 0.0109. The molecular weight excluding hydrogens is 557 g/mol. The van der Waals surface area contributed by atoms with Gasteiger partial charge in [0.05, 0.1) is 19.0 Å². The molecule has 13 heteroatoms. The number of carbonyl (C=O) groups is 4. The highest BCUT2D eigenvalue weighted by molar-refractivity contribution is 5.90. The summed E-state index contributed by atoms with van der Waals surface area (Å²) in [6.45, 7) is 1.86. The molecule has 3 rings (SSSR count). The van der Waals surface area contributed by atoms with Crippen LogP contribution in [0.25, 0.3) is 11.1 Å². The molecule has 42 heavy (non-hydrogen) atoms. The normalized spacial score (nSPS) is 11.7. The van der Waals surface area contributed by atoms with Gasteiger partial charge < -0.3 is 25.8 Å². The van der Waals surface area contributed by atoms with Gasteiger partial charge in [-0.1, -0.05) is 48.5 Å². The number of nitrogens with one attached hydrogen (secondary N) is 3. The Hall–Kier alpha value is -4.94. The number of para-hydroxylation sites is 1. The minimum atomic E-state index is -5.40. The minimum Gasteiger partial charge on any atom is -0.507 e. The molecule has 0 radical (unpaired) electrons. The number of aromatic nitrogens is 1. The summed E-state index contributed by atoms with van der Waals surface area (Å²) in [6, 6.07) is 15.4. The molecule has 3 aromatic rings. The smallest absolute Gasteiger partial charge is 0.491 e. The Morgan fingerprint density at radius 2 is 1.74 bits per heavy atom. The number of nitrogens with zero attached hydrogens (tertiary/aromatic N) is 1. The molecule has 0 aliphatic rings. The standard InChI is InChI=1S/C29H29F3N4O6/c1-18-12-14-34-23(15-18)33-13-6-11-24(37)35-17-25(38)36-22(16-26(39)42-28(41)29(30,31)32)21-10-5-9-20(27(21)40)19-7-3-2-4-8-19/h2-5,7-10,12,14-15,22,40H,6,11,13,16-17H2,1H3,(H,33,34)(H,35,37)(H,36,38). The number of halogens is 3. The van der Waals surface area contributed by atoms with Crippen molar-refractivity contribution >= 4 is 29.6 Å². The summed E-state index contributed by atoms with van der Waals surface area (Å²) >= 11 is 0. The van der Waals surface area contributed by atoms with Gasteiger partial charge in [-0.05, 0) is 36.6 Å². The molecule has 1 atom stereocenters. The Kier molecular flexibility index (Phi) is 11.0. The average molecular weight is 587 g/mol. The number of ether oxygens (including phenoxy) is 1. The van der Waals surface area contributed by atoms with E-state index >= 15 is 0 Å². The number of alkyl halides is 3. The zero-order valence-electron chi connectivity index (χ0n) is 22.5. The number of carbonyl (C=O) groups excluding carboxylic acids is 4. The zero-order valence-corrected chi connectivity index (χ0v) is 22.5. The maximum Gasteiger partial charge on any atom is 0.491 e. The van der Waals surface area contributed by atoms with Crippen LogP contribution in [0.1, 0.15) is 36.4 Å². The number of anilines is 1. The van der Waals surface area contributed by atoms with E-state index in [-0.39, 0.29) is 17.7 Å². The van der Waals surface area contributed by atoms with Crippen LogP contribution in [-0.4, -0.2) is 53.1 Å². The summed E-state index contributed by atoms with van der Waals surface area (Å²) in [7, 11) is 0. The third-order valence-electron chi connectivity index (χ3n) is 5.92. The molecule has 1 aromatic heterocycles. The molecule has 4 N–H and O–H groups in total. The Morgan fingerprint density at radius 3 is 2.43 bits per heavy atom. The van der Waals surface area contributed by atoms with Crippen molar-refractivity contribution in [1.82, 2.24) is 15.6 Å². The van der Waals surface area contributed by atoms with Crippen LogP contribution in [0.2, 0.25) is 0 Å². The van der Waals surface area contributed by atoms with Gasteiger partial charge in [-0.2, -0.15) is 13.2 Å². The first-order valence-corrected chi connectivity index (χ1v) is 12.9. The number of phenols is 1. The molecule has 2 amide bonds. The lowest BCUT2D eigenvalue weighted by atomic mass is 9.96. The first-order chi connectivity index (χ1) is 19.9. The van der Waals surface area contributed by atoms with E-state index in [0.717, 1.165) is 5.56 Å². The molecule has 0 fully saturated rings. The summed E-state index contributed by atoms with van der Waals surface area (Å²) in [5.74, 6) is -5.20. The van der Waals surface area contributed by atoms with Gasteiger partial charge in [0.2, 0.25) is 11.8 Å². The quantitative estimate of drug-likeness (QED) is 0.142. The predicted molar refractivity (Wildman–Crippen MR) is 146 cm³/mol. The highest BCUT2D eigenvalue weighted by Gasteiger charge is 2.42. The largest absolute Gasteiger partial charge is 0.507 e. The fourth-order valence-electron chi connectivity index (χ4n) is 3.91. The van der Waals surface area contributed by atoms with Crippen molar-refractivity contribution in [1.29, 1.82) is 0 Å². The summed E-state index contributed by atoms with van der Waals surface area (Å²) in [6.07, 6.45) is -4.14. The van der Waals surface area contributed by atoms with E-state index < -0.39 is 48.9 Å². The van der Waals surface area contributed by atoms with Crippen LogP contribution in [-0.2, 0) is 23.9 Å². The molecule has 0 saturated heterocycles. The monoisotopic (exact) mass is 586 g/mol. The van der Waals surface area contributed by atoms with Crippen molar-refractivity contribution in [3.63, 3.8) is 0 Å². The van der Waals surface area contributed by atoms with Gasteiger partial charge in [0.15, 0.2) is 0 Å². The second kappa shape index (κ2) is 14.6. The van der Waals surface area contributed by atoms with E-state index in [1.165, 1.54) is 12.1 Å². The average Bonchev–Trinajstić information content (AvgIpc) is 2.94. The highest BCUT2D eigenvalue weighted by Crippen LogP contribution is 2.36. The number of esters is 2. The van der Waals surface area contributed by atoms with E-state index in [9.17, 15) is 37.5 Å². The third-order valence-corrected chi connectivity index (χ3v) is 5.92. The molecule has 222 valence electrons. The number of phenolic OH excluding ortho intramolecular Hbond substituents is 1. The lowest BCUT2D eigenvalue weighted by Crippen LogP contribution is -2.39. The molecule has 1 heterocycles. The number of hydrogen-bond donors (Lipinski definition) is 4. The lowest BCUT2D eigenvalue weighted by Gasteiger charge is -2.21. The fraction of sp³-hybridized carbons (Fsp3) is 0.276. The molecule has 0 saturated carbocycles. The number of benzene rings is 2. The molecule has 0 bridgehead atoms. The maximum atomic E-state index is 12.7. The number of aryl methyl sites for hydroxylation is 1.